The zero-order valence-corrected chi connectivity index (χ0v) is 16.3. The molecule has 3 rings (SSSR count). The van der Waals surface area contributed by atoms with Crippen LogP contribution in [0.4, 0.5) is 13.2 Å². The van der Waals surface area contributed by atoms with E-state index in [1.165, 1.54) is 47.9 Å². The van der Waals surface area contributed by atoms with E-state index in [1.807, 2.05) is 0 Å². The van der Waals surface area contributed by atoms with Crippen LogP contribution in [0.1, 0.15) is 17.2 Å². The molecule has 166 valence electrons. The quantitative estimate of drug-likeness (QED) is 0.173. The summed E-state index contributed by atoms with van der Waals surface area (Å²) in [5.41, 5.74) is 2.43. The van der Waals surface area contributed by atoms with E-state index in [2.05, 4.69) is 5.32 Å². The van der Waals surface area contributed by atoms with Gasteiger partial charge >= 0.3 is 0 Å². The molecule has 1 unspecified atom stereocenters. The van der Waals surface area contributed by atoms with Crippen molar-refractivity contribution < 1.29 is 38.2 Å². The van der Waals surface area contributed by atoms with Crippen LogP contribution in [0.3, 0.4) is 0 Å². The first-order chi connectivity index (χ1) is 15.2. The molecule has 2 amide bonds. The van der Waals surface area contributed by atoms with Crippen molar-refractivity contribution in [1.82, 2.24) is 10.8 Å². The number of aromatic hydroxyl groups is 2. The Labute approximate surface area is 179 Å². The van der Waals surface area contributed by atoms with Gasteiger partial charge in [0.2, 0.25) is 5.91 Å². The van der Waals surface area contributed by atoms with Gasteiger partial charge in [-0.2, -0.15) is 0 Å². The van der Waals surface area contributed by atoms with E-state index in [0.717, 1.165) is 12.1 Å². The van der Waals surface area contributed by atoms with Crippen molar-refractivity contribution in [3.05, 3.63) is 83.2 Å². The molecule has 7 nitrogen and oxygen atoms in total. The Morgan fingerprint density at radius 2 is 1.47 bits per heavy atom. The fourth-order valence-corrected chi connectivity index (χ4v) is 3.03. The second-order valence-corrected chi connectivity index (χ2v) is 6.85. The number of amides is 2. The molecule has 10 heteroatoms. The average molecular weight is 446 g/mol. The first-order valence-corrected chi connectivity index (χ1v) is 9.18. The lowest BCUT2D eigenvalue weighted by molar-refractivity contribution is -0.134. The summed E-state index contributed by atoms with van der Waals surface area (Å²) in [4.78, 5) is 24.5. The molecule has 0 saturated carbocycles. The molecule has 0 saturated heterocycles. The summed E-state index contributed by atoms with van der Waals surface area (Å²) in [6, 6.07) is 9.72. The number of hydroxylamine groups is 1. The zero-order valence-electron chi connectivity index (χ0n) is 16.3. The Hall–Kier alpha value is -4.05. The van der Waals surface area contributed by atoms with Gasteiger partial charge in [0.15, 0.2) is 29.0 Å². The first-order valence-electron chi connectivity index (χ1n) is 9.18. The maximum atomic E-state index is 13.5. The number of halogens is 3. The molecule has 5 N–H and O–H groups in total. The van der Waals surface area contributed by atoms with Gasteiger partial charge in [0.1, 0.15) is 6.04 Å². The number of rotatable bonds is 6. The normalized spacial score (nSPS) is 11.6. The Morgan fingerprint density at radius 1 is 0.844 bits per heavy atom. The maximum Gasteiger partial charge on any atom is 0.270 e. The molecule has 32 heavy (non-hydrogen) atoms. The van der Waals surface area contributed by atoms with Gasteiger partial charge in [-0.15, -0.1) is 0 Å². The monoisotopic (exact) mass is 446 g/mol. The van der Waals surface area contributed by atoms with Gasteiger partial charge in [-0.05, 0) is 46.5 Å². The number of hydrogen-bond donors (Lipinski definition) is 5. The fourth-order valence-electron chi connectivity index (χ4n) is 3.03. The molecule has 0 heterocycles. The Balaban J connectivity index is 1.80. The van der Waals surface area contributed by atoms with Gasteiger partial charge in [-0.25, -0.2) is 18.7 Å². The maximum absolute atomic E-state index is 13.5. The average Bonchev–Trinajstić information content (AvgIpc) is 2.77. The predicted octanol–water partition coefficient (Wildman–Crippen LogP) is 3.09. The number of hydrogen-bond acceptors (Lipinski definition) is 5. The highest BCUT2D eigenvalue weighted by Crippen LogP contribution is 2.27. The van der Waals surface area contributed by atoms with Crippen LogP contribution >= 0.6 is 0 Å². The Morgan fingerprint density at radius 3 is 2.03 bits per heavy atom. The molecule has 0 aromatic heterocycles. The molecule has 0 aliphatic carbocycles. The van der Waals surface area contributed by atoms with Crippen LogP contribution in [0.5, 0.6) is 11.5 Å². The third-order valence-electron chi connectivity index (χ3n) is 4.64. The number of phenols is 2. The second-order valence-electron chi connectivity index (χ2n) is 6.85. The Bertz CT molecular complexity index is 1150. The molecule has 3 aromatic rings. The lowest BCUT2D eigenvalue weighted by atomic mass is 9.99. The molecule has 0 aliphatic rings. The molecular formula is C22H17F3N2O5. The molecule has 0 radical (unpaired) electrons. The zero-order chi connectivity index (χ0) is 23.4. The van der Waals surface area contributed by atoms with Crippen molar-refractivity contribution in [3.8, 4) is 22.6 Å². The third-order valence-corrected chi connectivity index (χ3v) is 4.64. The van der Waals surface area contributed by atoms with Crippen molar-refractivity contribution >= 4 is 11.8 Å². The number of carbonyl (C=O) groups excluding carboxylic acids is 2. The van der Waals surface area contributed by atoms with Gasteiger partial charge in [-0.1, -0.05) is 30.3 Å². The van der Waals surface area contributed by atoms with Gasteiger partial charge < -0.3 is 15.5 Å². The molecule has 0 spiro atoms. The van der Waals surface area contributed by atoms with E-state index in [9.17, 15) is 33.0 Å². The highest BCUT2D eigenvalue weighted by atomic mass is 19.2. The predicted molar refractivity (Wildman–Crippen MR) is 106 cm³/mol. The number of phenolic OH excluding ortho intramolecular Hbond substituents is 2. The molecule has 3 aromatic carbocycles. The van der Waals surface area contributed by atoms with Crippen LogP contribution in [0.25, 0.3) is 11.1 Å². The van der Waals surface area contributed by atoms with Gasteiger partial charge in [-0.3, -0.25) is 14.8 Å². The van der Waals surface area contributed by atoms with Gasteiger partial charge in [0, 0.05) is 0 Å². The lowest BCUT2D eigenvalue weighted by Crippen LogP contribution is -2.39. The van der Waals surface area contributed by atoms with Crippen molar-refractivity contribution in [2.75, 3.05) is 0 Å². The third kappa shape index (κ3) is 4.98. The van der Waals surface area contributed by atoms with Crippen LogP contribution in [-0.4, -0.2) is 27.2 Å². The standard InChI is InChI=1S/C22H17F3N2O5/c23-15-9-14(10-16(24)20(15)25)12-2-4-13(5-3-12)21(22(31)27-32)26-19(30)8-11-1-6-17(28)18(29)7-11/h1-7,9-10,21,28-29,32H,8H2,(H,26,30)(H,27,31). The van der Waals surface area contributed by atoms with Crippen molar-refractivity contribution in [2.45, 2.75) is 12.5 Å². The van der Waals surface area contributed by atoms with Crippen LogP contribution in [-0.2, 0) is 16.0 Å². The van der Waals surface area contributed by atoms with E-state index in [0.29, 0.717) is 11.1 Å². The van der Waals surface area contributed by atoms with Crippen molar-refractivity contribution in [1.29, 1.82) is 0 Å². The van der Waals surface area contributed by atoms with Crippen LogP contribution < -0.4 is 10.8 Å². The Kier molecular flexibility index (Phi) is 6.64. The van der Waals surface area contributed by atoms with Gasteiger partial charge in [0.25, 0.3) is 5.91 Å². The number of carbonyl (C=O) groups is 2. The topological polar surface area (TPSA) is 119 Å². The van der Waals surface area contributed by atoms with Crippen molar-refractivity contribution in [3.63, 3.8) is 0 Å². The summed E-state index contributed by atoms with van der Waals surface area (Å²) in [6.07, 6.45) is -0.241. The molecule has 1 atom stereocenters. The van der Waals surface area contributed by atoms with E-state index in [1.54, 1.807) is 0 Å². The van der Waals surface area contributed by atoms with E-state index in [-0.39, 0.29) is 23.3 Å². The molecule has 0 aliphatic heterocycles. The minimum atomic E-state index is -1.59. The number of benzene rings is 3. The van der Waals surface area contributed by atoms with E-state index >= 15 is 0 Å². The smallest absolute Gasteiger partial charge is 0.270 e. The number of nitrogens with one attached hydrogen (secondary N) is 2. The van der Waals surface area contributed by atoms with Crippen LogP contribution in [0.2, 0.25) is 0 Å². The minimum absolute atomic E-state index is 0.0623. The summed E-state index contributed by atoms with van der Waals surface area (Å²) >= 11 is 0. The fraction of sp³-hybridized carbons (Fsp3) is 0.0909. The molecular weight excluding hydrogens is 429 g/mol. The van der Waals surface area contributed by atoms with Crippen molar-refractivity contribution in [2.24, 2.45) is 0 Å². The summed E-state index contributed by atoms with van der Waals surface area (Å²) in [6.45, 7) is 0. The summed E-state index contributed by atoms with van der Waals surface area (Å²) in [7, 11) is 0. The highest BCUT2D eigenvalue weighted by Gasteiger charge is 2.23. The SMILES string of the molecule is O=C(Cc1ccc(O)c(O)c1)NC(C(=O)NO)c1ccc(-c2cc(F)c(F)c(F)c2)cc1. The van der Waals surface area contributed by atoms with Crippen LogP contribution in [0, 0.1) is 17.5 Å². The summed E-state index contributed by atoms with van der Waals surface area (Å²) in [5.74, 6) is -6.64. The summed E-state index contributed by atoms with van der Waals surface area (Å²) < 4.78 is 40.1. The first kappa shape index (κ1) is 22.6. The van der Waals surface area contributed by atoms with Crippen LogP contribution in [0.15, 0.2) is 54.6 Å². The summed E-state index contributed by atoms with van der Waals surface area (Å²) in [5, 5.41) is 30.3. The van der Waals surface area contributed by atoms with E-state index in [4.69, 9.17) is 5.21 Å². The highest BCUT2D eigenvalue weighted by molar-refractivity contribution is 5.89. The largest absolute Gasteiger partial charge is 0.504 e. The van der Waals surface area contributed by atoms with Gasteiger partial charge in [0.05, 0.1) is 6.42 Å². The molecule has 0 bridgehead atoms. The second kappa shape index (κ2) is 9.40. The van der Waals surface area contributed by atoms with E-state index < -0.39 is 41.1 Å². The molecule has 0 fully saturated rings. The lowest BCUT2D eigenvalue weighted by Gasteiger charge is -2.18. The minimum Gasteiger partial charge on any atom is -0.504 e.